The molecule has 1 amide bonds. The average molecular weight is 320 g/mol. The van der Waals surface area contributed by atoms with Crippen LogP contribution in [0.1, 0.15) is 0 Å². The standard InChI is InChI=1S/C16H12N6O2/c23-15(20-14-5-7-17-13-6-8-18-22(13)14)10-21-16(24)12-4-2-1-3-11(12)9-19-21/h1-9H,10H2,(H,20,23). The van der Waals surface area contributed by atoms with Crippen molar-refractivity contribution in [3.63, 3.8) is 0 Å². The van der Waals surface area contributed by atoms with Crippen LogP contribution in [0.15, 0.2) is 59.8 Å². The van der Waals surface area contributed by atoms with E-state index in [0.29, 0.717) is 16.9 Å². The van der Waals surface area contributed by atoms with Crippen molar-refractivity contribution >= 4 is 28.1 Å². The van der Waals surface area contributed by atoms with Gasteiger partial charge in [0.1, 0.15) is 12.4 Å². The normalized spacial score (nSPS) is 11.0. The Hall–Kier alpha value is -3.55. The third-order valence-electron chi connectivity index (χ3n) is 3.61. The molecule has 0 atom stereocenters. The molecule has 0 radical (unpaired) electrons. The molecule has 0 fully saturated rings. The van der Waals surface area contributed by atoms with Crippen LogP contribution in [0.3, 0.4) is 0 Å². The van der Waals surface area contributed by atoms with E-state index in [1.807, 2.05) is 6.07 Å². The van der Waals surface area contributed by atoms with Gasteiger partial charge >= 0.3 is 0 Å². The molecule has 4 rings (SSSR count). The molecule has 1 aromatic carbocycles. The second-order valence-corrected chi connectivity index (χ2v) is 5.17. The van der Waals surface area contributed by atoms with Crippen LogP contribution in [0.25, 0.3) is 16.4 Å². The zero-order chi connectivity index (χ0) is 16.5. The maximum absolute atomic E-state index is 12.4. The second-order valence-electron chi connectivity index (χ2n) is 5.17. The summed E-state index contributed by atoms with van der Waals surface area (Å²) >= 11 is 0. The smallest absolute Gasteiger partial charge is 0.275 e. The molecule has 3 heterocycles. The van der Waals surface area contributed by atoms with E-state index in [1.165, 1.54) is 4.52 Å². The van der Waals surface area contributed by atoms with E-state index in [-0.39, 0.29) is 18.0 Å². The summed E-state index contributed by atoms with van der Waals surface area (Å²) in [6.07, 6.45) is 4.74. The first-order chi connectivity index (χ1) is 11.7. The fourth-order valence-corrected chi connectivity index (χ4v) is 2.49. The van der Waals surface area contributed by atoms with E-state index in [9.17, 15) is 9.59 Å². The molecule has 0 spiro atoms. The van der Waals surface area contributed by atoms with Crippen molar-refractivity contribution in [3.05, 3.63) is 65.3 Å². The minimum Gasteiger partial charge on any atom is -0.309 e. The Bertz CT molecular complexity index is 1110. The quantitative estimate of drug-likeness (QED) is 0.609. The fraction of sp³-hybridized carbons (Fsp3) is 0.0625. The highest BCUT2D eigenvalue weighted by atomic mass is 16.2. The van der Waals surface area contributed by atoms with Gasteiger partial charge in [0.25, 0.3) is 5.56 Å². The lowest BCUT2D eigenvalue weighted by Gasteiger charge is -2.08. The molecule has 8 heteroatoms. The molecular formula is C16H12N6O2. The van der Waals surface area contributed by atoms with Crippen LogP contribution in [-0.2, 0) is 11.3 Å². The number of anilines is 1. The number of hydrogen-bond acceptors (Lipinski definition) is 5. The van der Waals surface area contributed by atoms with Crippen molar-refractivity contribution in [2.75, 3.05) is 5.32 Å². The molecule has 0 aliphatic carbocycles. The minimum absolute atomic E-state index is 0.186. The molecule has 1 N–H and O–H groups in total. The number of hydrogen-bond donors (Lipinski definition) is 1. The number of aromatic nitrogens is 5. The highest BCUT2D eigenvalue weighted by Gasteiger charge is 2.10. The highest BCUT2D eigenvalue weighted by molar-refractivity contribution is 5.90. The summed E-state index contributed by atoms with van der Waals surface area (Å²) in [4.78, 5) is 28.8. The number of fused-ring (bicyclic) bond motifs is 2. The van der Waals surface area contributed by atoms with E-state index < -0.39 is 0 Å². The summed E-state index contributed by atoms with van der Waals surface area (Å²) in [7, 11) is 0. The van der Waals surface area contributed by atoms with Gasteiger partial charge in [0.15, 0.2) is 5.65 Å². The maximum Gasteiger partial charge on any atom is 0.275 e. The van der Waals surface area contributed by atoms with Crippen LogP contribution >= 0.6 is 0 Å². The third kappa shape index (κ3) is 2.39. The van der Waals surface area contributed by atoms with Crippen molar-refractivity contribution in [2.45, 2.75) is 6.54 Å². The number of nitrogens with one attached hydrogen (secondary N) is 1. The zero-order valence-electron chi connectivity index (χ0n) is 12.5. The van der Waals surface area contributed by atoms with Crippen molar-refractivity contribution in [2.24, 2.45) is 0 Å². The SMILES string of the molecule is O=C(Cn1ncc2ccccc2c1=O)Nc1ccnc2ccnn12. The first-order valence-electron chi connectivity index (χ1n) is 7.26. The molecular weight excluding hydrogens is 308 g/mol. The minimum atomic E-state index is -0.372. The highest BCUT2D eigenvalue weighted by Crippen LogP contribution is 2.09. The molecule has 0 aliphatic rings. The molecule has 0 bridgehead atoms. The predicted octanol–water partition coefficient (Wildman–Crippen LogP) is 1.08. The number of rotatable bonds is 3. The van der Waals surface area contributed by atoms with Crippen LogP contribution in [-0.4, -0.2) is 30.3 Å². The van der Waals surface area contributed by atoms with Gasteiger partial charge in [-0.3, -0.25) is 9.59 Å². The van der Waals surface area contributed by atoms with Gasteiger partial charge in [-0.25, -0.2) is 9.67 Å². The van der Waals surface area contributed by atoms with E-state index >= 15 is 0 Å². The third-order valence-corrected chi connectivity index (χ3v) is 3.61. The lowest BCUT2D eigenvalue weighted by molar-refractivity contribution is -0.117. The molecule has 0 aliphatic heterocycles. The molecule has 0 saturated carbocycles. The summed E-state index contributed by atoms with van der Waals surface area (Å²) in [6.45, 7) is -0.186. The zero-order valence-corrected chi connectivity index (χ0v) is 12.5. The second kappa shape index (κ2) is 5.58. The molecule has 0 unspecified atom stereocenters. The molecule has 118 valence electrons. The average Bonchev–Trinajstić information content (AvgIpc) is 3.07. The Balaban J connectivity index is 1.62. The maximum atomic E-state index is 12.4. The van der Waals surface area contributed by atoms with Crippen molar-refractivity contribution in [1.82, 2.24) is 24.4 Å². The van der Waals surface area contributed by atoms with Gasteiger partial charge in [-0.15, -0.1) is 0 Å². The van der Waals surface area contributed by atoms with Crippen LogP contribution in [0, 0.1) is 0 Å². The summed E-state index contributed by atoms with van der Waals surface area (Å²) < 4.78 is 2.65. The first-order valence-corrected chi connectivity index (χ1v) is 7.26. The van der Waals surface area contributed by atoms with E-state index in [0.717, 1.165) is 10.1 Å². The van der Waals surface area contributed by atoms with Crippen molar-refractivity contribution in [3.8, 4) is 0 Å². The number of nitrogens with zero attached hydrogens (tertiary/aromatic N) is 5. The number of benzene rings is 1. The van der Waals surface area contributed by atoms with Gasteiger partial charge in [0, 0.05) is 17.6 Å². The predicted molar refractivity (Wildman–Crippen MR) is 87.6 cm³/mol. The summed E-state index contributed by atoms with van der Waals surface area (Å²) in [5.41, 5.74) is 0.316. The van der Waals surface area contributed by atoms with E-state index in [2.05, 4.69) is 20.5 Å². The molecule has 0 saturated heterocycles. The summed E-state index contributed by atoms with van der Waals surface area (Å²) in [5, 5.41) is 12.1. The topological polar surface area (TPSA) is 94.2 Å². The van der Waals surface area contributed by atoms with E-state index in [1.54, 1.807) is 48.9 Å². The Morgan fingerprint density at radius 2 is 1.96 bits per heavy atom. The van der Waals surface area contributed by atoms with Crippen LogP contribution in [0.4, 0.5) is 5.82 Å². The van der Waals surface area contributed by atoms with Gasteiger partial charge in [-0.05, 0) is 12.1 Å². The fourth-order valence-electron chi connectivity index (χ4n) is 2.49. The lowest BCUT2D eigenvalue weighted by Crippen LogP contribution is -2.30. The first kappa shape index (κ1) is 14.1. The summed E-state index contributed by atoms with van der Waals surface area (Å²) in [5.74, 6) is 0.103. The van der Waals surface area contributed by atoms with Crippen molar-refractivity contribution < 1.29 is 4.79 Å². The van der Waals surface area contributed by atoms with Gasteiger partial charge in [-0.1, -0.05) is 18.2 Å². The van der Waals surface area contributed by atoms with Crippen molar-refractivity contribution in [1.29, 1.82) is 0 Å². The number of amides is 1. The van der Waals surface area contributed by atoms with E-state index in [4.69, 9.17) is 0 Å². The monoisotopic (exact) mass is 320 g/mol. The lowest BCUT2D eigenvalue weighted by atomic mass is 10.2. The summed E-state index contributed by atoms with van der Waals surface area (Å²) in [6, 6.07) is 10.5. The number of carbonyl (C=O) groups excluding carboxylic acids is 1. The Morgan fingerprint density at radius 3 is 2.88 bits per heavy atom. The van der Waals surface area contributed by atoms with Crippen LogP contribution in [0.5, 0.6) is 0 Å². The molecule has 4 aromatic rings. The molecule has 24 heavy (non-hydrogen) atoms. The molecule has 3 aromatic heterocycles. The van der Waals surface area contributed by atoms with Gasteiger partial charge < -0.3 is 5.32 Å². The van der Waals surface area contributed by atoms with Crippen LogP contribution < -0.4 is 10.9 Å². The van der Waals surface area contributed by atoms with Gasteiger partial charge in [-0.2, -0.15) is 14.7 Å². The number of carbonyl (C=O) groups is 1. The van der Waals surface area contributed by atoms with Gasteiger partial charge in [0.2, 0.25) is 5.91 Å². The Kier molecular flexibility index (Phi) is 3.27. The Labute approximate surface area is 135 Å². The molecule has 8 nitrogen and oxygen atoms in total. The Morgan fingerprint density at radius 1 is 1.08 bits per heavy atom. The van der Waals surface area contributed by atoms with Crippen LogP contribution in [0.2, 0.25) is 0 Å². The largest absolute Gasteiger partial charge is 0.309 e. The van der Waals surface area contributed by atoms with Gasteiger partial charge in [0.05, 0.1) is 17.8 Å².